The van der Waals surface area contributed by atoms with Crippen LogP contribution < -0.4 is 9.47 Å². The molecule has 19 heavy (non-hydrogen) atoms. The number of hydrogen-bond acceptors (Lipinski definition) is 4. The summed E-state index contributed by atoms with van der Waals surface area (Å²) < 4.78 is 10.7. The molecule has 0 amide bonds. The maximum absolute atomic E-state index is 11.1. The van der Waals surface area contributed by atoms with Crippen LogP contribution in [-0.4, -0.2) is 11.0 Å². The zero-order chi connectivity index (χ0) is 13.7. The minimum atomic E-state index is 0.00895. The second-order valence-electron chi connectivity index (χ2n) is 3.85. The minimum Gasteiger partial charge on any atom is -0.417 e. The first kappa shape index (κ1) is 13.2. The van der Waals surface area contributed by atoms with Crippen molar-refractivity contribution in [3.05, 3.63) is 60.2 Å². The molecule has 3 nitrogen and oxygen atoms in total. The molecule has 0 radical (unpaired) electrons. The fourth-order valence-electron chi connectivity index (χ4n) is 1.46. The van der Waals surface area contributed by atoms with Crippen molar-refractivity contribution >= 4 is 23.2 Å². The highest BCUT2D eigenvalue weighted by Gasteiger charge is 2.04. The Kier molecular flexibility index (Phi) is 4.26. The summed E-state index contributed by atoms with van der Waals surface area (Å²) in [5.74, 6) is 1.16. The first-order valence-corrected chi connectivity index (χ1v) is 6.12. The molecule has 0 unspecified atom stereocenters. The number of ether oxygens (including phenoxy) is 2. The van der Waals surface area contributed by atoms with Gasteiger partial charge in [-0.15, -0.1) is 0 Å². The molecule has 0 fully saturated rings. The zero-order valence-corrected chi connectivity index (χ0v) is 11.1. The smallest absolute Gasteiger partial charge is 0.363 e. The minimum absolute atomic E-state index is 0.00895. The number of benzene rings is 2. The number of carbonyl (C=O) groups is 1. The first-order valence-electron chi connectivity index (χ1n) is 5.71. The highest BCUT2D eigenvalue weighted by Crippen LogP contribution is 2.15. The molecule has 0 bridgehead atoms. The van der Waals surface area contributed by atoms with Crippen molar-refractivity contribution in [1.29, 1.82) is 0 Å². The maximum atomic E-state index is 11.1. The van der Waals surface area contributed by atoms with E-state index in [1.807, 2.05) is 18.2 Å². The van der Waals surface area contributed by atoms with Crippen LogP contribution in [0, 0.1) is 0 Å². The Morgan fingerprint density at radius 2 is 1.42 bits per heavy atom. The molecule has 2 aromatic rings. The fourth-order valence-corrected chi connectivity index (χ4v) is 1.65. The van der Waals surface area contributed by atoms with Crippen molar-refractivity contribution in [3.63, 3.8) is 0 Å². The standard InChI is InChI=1S/C15H12O3S/c1-11(16)12-7-9-14(10-8-12)18-15(19)17-13-5-3-2-4-6-13/h2-10H,1H3. The normalized spacial score (nSPS) is 9.74. The molecule has 4 heteroatoms. The first-order chi connectivity index (χ1) is 9.15. The highest BCUT2D eigenvalue weighted by atomic mass is 32.1. The van der Waals surface area contributed by atoms with Gasteiger partial charge in [0, 0.05) is 17.8 Å². The van der Waals surface area contributed by atoms with Gasteiger partial charge in [-0.2, -0.15) is 0 Å². The largest absolute Gasteiger partial charge is 0.417 e. The highest BCUT2D eigenvalue weighted by molar-refractivity contribution is 7.79. The van der Waals surface area contributed by atoms with Crippen molar-refractivity contribution in [2.75, 3.05) is 0 Å². The van der Waals surface area contributed by atoms with Crippen LogP contribution in [0.2, 0.25) is 0 Å². The van der Waals surface area contributed by atoms with Crippen molar-refractivity contribution in [2.45, 2.75) is 6.92 Å². The van der Waals surface area contributed by atoms with Gasteiger partial charge in [0.05, 0.1) is 0 Å². The van der Waals surface area contributed by atoms with Gasteiger partial charge in [-0.3, -0.25) is 4.79 Å². The lowest BCUT2D eigenvalue weighted by Gasteiger charge is -2.08. The molecule has 0 spiro atoms. The van der Waals surface area contributed by atoms with Crippen LogP contribution in [-0.2, 0) is 0 Å². The summed E-state index contributed by atoms with van der Waals surface area (Å²) in [7, 11) is 0. The fraction of sp³-hybridized carbons (Fsp3) is 0.0667. The van der Waals surface area contributed by atoms with E-state index in [2.05, 4.69) is 0 Å². The van der Waals surface area contributed by atoms with Crippen molar-refractivity contribution in [2.24, 2.45) is 0 Å². The van der Waals surface area contributed by atoms with Crippen molar-refractivity contribution in [1.82, 2.24) is 0 Å². The quantitative estimate of drug-likeness (QED) is 0.631. The van der Waals surface area contributed by atoms with Crippen LogP contribution in [0.3, 0.4) is 0 Å². The summed E-state index contributed by atoms with van der Waals surface area (Å²) in [6, 6.07) is 15.9. The molecular formula is C15H12O3S. The topological polar surface area (TPSA) is 35.5 Å². The van der Waals surface area contributed by atoms with E-state index in [9.17, 15) is 4.79 Å². The van der Waals surface area contributed by atoms with Crippen molar-refractivity contribution in [3.8, 4) is 11.5 Å². The molecule has 0 saturated carbocycles. The number of carbonyl (C=O) groups excluding carboxylic acids is 1. The van der Waals surface area contributed by atoms with Crippen LogP contribution >= 0.6 is 12.2 Å². The van der Waals surface area contributed by atoms with Crippen molar-refractivity contribution < 1.29 is 14.3 Å². The Bertz CT molecular complexity index is 576. The van der Waals surface area contributed by atoms with E-state index >= 15 is 0 Å². The van der Waals surface area contributed by atoms with Gasteiger partial charge in [0.15, 0.2) is 5.78 Å². The monoisotopic (exact) mass is 272 g/mol. The van der Waals surface area contributed by atoms with Gasteiger partial charge in [0.1, 0.15) is 11.5 Å². The van der Waals surface area contributed by atoms with E-state index in [1.165, 1.54) is 6.92 Å². The molecule has 0 N–H and O–H groups in total. The SMILES string of the molecule is CC(=O)c1ccc(OC(=S)Oc2ccccc2)cc1. The molecule has 0 heterocycles. The summed E-state index contributed by atoms with van der Waals surface area (Å²) in [5.41, 5.74) is 0.627. The van der Waals surface area contributed by atoms with E-state index in [1.54, 1.807) is 36.4 Å². The summed E-state index contributed by atoms with van der Waals surface area (Å²) in [6.45, 7) is 1.51. The number of thiocarbonyl (C=S) groups is 1. The van der Waals surface area contributed by atoms with E-state index in [-0.39, 0.29) is 11.0 Å². The maximum Gasteiger partial charge on any atom is 0.363 e. The Balaban J connectivity index is 1.97. The van der Waals surface area contributed by atoms with E-state index in [0.29, 0.717) is 17.1 Å². The zero-order valence-electron chi connectivity index (χ0n) is 10.3. The Labute approximate surface area is 116 Å². The summed E-state index contributed by atoms with van der Waals surface area (Å²) >= 11 is 4.99. The Hall–Kier alpha value is -2.20. The predicted molar refractivity (Wildman–Crippen MR) is 76.7 cm³/mol. The van der Waals surface area contributed by atoms with Crippen LogP contribution in [0.15, 0.2) is 54.6 Å². The molecule has 0 saturated heterocycles. The molecule has 96 valence electrons. The second-order valence-corrected chi connectivity index (χ2v) is 4.18. The summed E-state index contributed by atoms with van der Waals surface area (Å²) in [6.07, 6.45) is 0. The van der Waals surface area contributed by atoms with E-state index < -0.39 is 0 Å². The number of rotatable bonds is 3. The lowest BCUT2D eigenvalue weighted by atomic mass is 10.1. The number of Topliss-reactive ketones (excluding diaryl/α,β-unsaturated/α-hetero) is 1. The van der Waals surface area contributed by atoms with E-state index in [4.69, 9.17) is 21.7 Å². The number of para-hydroxylation sites is 1. The van der Waals surface area contributed by atoms with Gasteiger partial charge in [-0.05, 0) is 43.3 Å². The van der Waals surface area contributed by atoms with Gasteiger partial charge >= 0.3 is 5.24 Å². The third-order valence-corrected chi connectivity index (χ3v) is 2.57. The van der Waals surface area contributed by atoms with Gasteiger partial charge in [-0.25, -0.2) is 0 Å². The van der Waals surface area contributed by atoms with Gasteiger partial charge in [0.25, 0.3) is 0 Å². The van der Waals surface area contributed by atoms with Crippen LogP contribution in [0.25, 0.3) is 0 Å². The van der Waals surface area contributed by atoms with Crippen LogP contribution in [0.4, 0.5) is 0 Å². The Morgan fingerprint density at radius 1 is 0.895 bits per heavy atom. The Morgan fingerprint density at radius 3 is 1.95 bits per heavy atom. The molecule has 0 aliphatic heterocycles. The molecule has 0 aliphatic carbocycles. The van der Waals surface area contributed by atoms with Crippen LogP contribution in [0.5, 0.6) is 11.5 Å². The number of hydrogen-bond donors (Lipinski definition) is 0. The average molecular weight is 272 g/mol. The van der Waals surface area contributed by atoms with Gasteiger partial charge < -0.3 is 9.47 Å². The third kappa shape index (κ3) is 3.89. The molecule has 0 atom stereocenters. The van der Waals surface area contributed by atoms with E-state index in [0.717, 1.165) is 0 Å². The van der Waals surface area contributed by atoms with Gasteiger partial charge in [-0.1, -0.05) is 18.2 Å². The number of ketones is 1. The molecule has 2 aromatic carbocycles. The van der Waals surface area contributed by atoms with Crippen LogP contribution in [0.1, 0.15) is 17.3 Å². The second kappa shape index (κ2) is 6.11. The molecular weight excluding hydrogens is 260 g/mol. The summed E-state index contributed by atoms with van der Waals surface area (Å²) in [5, 5.41) is 0.0155. The third-order valence-electron chi connectivity index (χ3n) is 2.41. The predicted octanol–water partition coefficient (Wildman–Crippen LogP) is 3.63. The molecule has 0 aliphatic rings. The lowest BCUT2D eigenvalue weighted by Crippen LogP contribution is -2.13. The molecule has 2 rings (SSSR count). The average Bonchev–Trinajstić information content (AvgIpc) is 2.40. The molecule has 0 aromatic heterocycles. The summed E-state index contributed by atoms with van der Waals surface area (Å²) in [4.78, 5) is 11.1. The van der Waals surface area contributed by atoms with Gasteiger partial charge in [0.2, 0.25) is 0 Å². The lowest BCUT2D eigenvalue weighted by molar-refractivity contribution is 0.101.